The van der Waals surface area contributed by atoms with Gasteiger partial charge in [-0.15, -0.1) is 24.0 Å². The average molecular weight is 419 g/mol. The van der Waals surface area contributed by atoms with Crippen molar-refractivity contribution >= 4 is 29.9 Å². The maximum Gasteiger partial charge on any atom is 0.390 e. The molecular formula is C12H21F3IN5. The number of aromatic nitrogens is 2. The fourth-order valence-corrected chi connectivity index (χ4v) is 1.56. The van der Waals surface area contributed by atoms with Crippen molar-refractivity contribution in [2.45, 2.75) is 25.9 Å². The predicted molar refractivity (Wildman–Crippen MR) is 87.0 cm³/mol. The molecule has 2 N–H and O–H groups in total. The zero-order valence-corrected chi connectivity index (χ0v) is 14.4. The van der Waals surface area contributed by atoms with Crippen molar-refractivity contribution in [1.82, 2.24) is 20.4 Å². The molecule has 9 heteroatoms. The summed E-state index contributed by atoms with van der Waals surface area (Å²) in [5.74, 6) is 0.403. The van der Waals surface area contributed by atoms with Crippen LogP contribution < -0.4 is 10.6 Å². The van der Waals surface area contributed by atoms with Crippen molar-refractivity contribution in [3.05, 3.63) is 18.0 Å². The molecule has 0 aliphatic carbocycles. The van der Waals surface area contributed by atoms with Crippen molar-refractivity contribution in [3.63, 3.8) is 0 Å². The number of aliphatic imine (C=N–C) groups is 1. The highest BCUT2D eigenvalue weighted by molar-refractivity contribution is 14.0. The second-order valence-corrected chi connectivity index (χ2v) is 4.32. The van der Waals surface area contributed by atoms with E-state index < -0.39 is 12.6 Å². The summed E-state index contributed by atoms with van der Waals surface area (Å²) in [6, 6.07) is 0. The highest BCUT2D eigenvalue weighted by atomic mass is 127. The molecule has 0 saturated carbocycles. The molecule has 0 aliphatic heterocycles. The third-order valence-corrected chi connectivity index (χ3v) is 2.47. The molecule has 0 amide bonds. The van der Waals surface area contributed by atoms with Gasteiger partial charge in [0.2, 0.25) is 0 Å². The summed E-state index contributed by atoms with van der Waals surface area (Å²) in [7, 11) is 1.83. The summed E-state index contributed by atoms with van der Waals surface area (Å²) in [5, 5.41) is 9.96. The smallest absolute Gasteiger partial charge is 0.357 e. The number of nitrogens with one attached hydrogen (secondary N) is 2. The lowest BCUT2D eigenvalue weighted by atomic mass is 10.2. The van der Waals surface area contributed by atoms with Gasteiger partial charge in [-0.25, -0.2) is 0 Å². The Labute approximate surface area is 139 Å². The number of alkyl halides is 3. The minimum absolute atomic E-state index is 0. The molecule has 0 fully saturated rings. The molecule has 1 rings (SSSR count). The highest BCUT2D eigenvalue weighted by Crippen LogP contribution is 2.18. The Kier molecular flexibility index (Phi) is 9.38. The number of hydrogen-bond donors (Lipinski definition) is 2. The van der Waals surface area contributed by atoms with Crippen molar-refractivity contribution in [2.24, 2.45) is 12.0 Å². The second kappa shape index (κ2) is 9.85. The van der Waals surface area contributed by atoms with E-state index >= 15 is 0 Å². The molecule has 0 spiro atoms. The number of hydrogen-bond acceptors (Lipinski definition) is 2. The van der Waals surface area contributed by atoms with E-state index in [4.69, 9.17) is 0 Å². The second-order valence-electron chi connectivity index (χ2n) is 4.32. The van der Waals surface area contributed by atoms with E-state index in [1.165, 1.54) is 0 Å². The first-order valence-electron chi connectivity index (χ1n) is 6.47. The van der Waals surface area contributed by atoms with Crippen molar-refractivity contribution in [2.75, 3.05) is 19.6 Å². The van der Waals surface area contributed by atoms with Crippen molar-refractivity contribution in [1.29, 1.82) is 0 Å². The Morgan fingerprint density at radius 1 is 1.38 bits per heavy atom. The summed E-state index contributed by atoms with van der Waals surface area (Å²) in [6.07, 6.45) is -0.689. The fraction of sp³-hybridized carbons (Fsp3) is 0.667. The van der Waals surface area contributed by atoms with Gasteiger partial charge in [-0.1, -0.05) is 0 Å². The monoisotopic (exact) mass is 419 g/mol. The molecule has 0 aliphatic rings. The summed E-state index contributed by atoms with van der Waals surface area (Å²) in [4.78, 5) is 3.89. The Bertz CT molecular complexity index is 431. The molecule has 5 nitrogen and oxygen atoms in total. The van der Waals surface area contributed by atoms with E-state index in [1.54, 1.807) is 10.9 Å². The van der Waals surface area contributed by atoms with Gasteiger partial charge in [-0.3, -0.25) is 9.67 Å². The molecule has 0 atom stereocenters. The number of aryl methyl sites for hydroxylation is 1. The lowest BCUT2D eigenvalue weighted by molar-refractivity contribution is -0.132. The summed E-state index contributed by atoms with van der Waals surface area (Å²) < 4.78 is 37.9. The Morgan fingerprint density at radius 3 is 2.62 bits per heavy atom. The molecule has 1 heterocycles. The van der Waals surface area contributed by atoms with Gasteiger partial charge in [-0.2, -0.15) is 18.3 Å². The van der Waals surface area contributed by atoms with Gasteiger partial charge in [0.05, 0.1) is 19.2 Å². The van der Waals surface area contributed by atoms with Crippen LogP contribution in [0.3, 0.4) is 0 Å². The molecule has 122 valence electrons. The normalized spacial score (nSPS) is 12.0. The Morgan fingerprint density at radius 2 is 2.10 bits per heavy atom. The lowest BCUT2D eigenvalue weighted by Gasteiger charge is -2.11. The first-order chi connectivity index (χ1) is 9.40. The maximum absolute atomic E-state index is 12.0. The SMILES string of the molecule is CCNC(=NCCC(F)(F)F)NCCc1cnn(C)c1.I. The topological polar surface area (TPSA) is 54.2 Å². The zero-order valence-electron chi connectivity index (χ0n) is 12.1. The van der Waals surface area contributed by atoms with Crippen LogP contribution in [0.4, 0.5) is 13.2 Å². The van der Waals surface area contributed by atoms with E-state index in [0.29, 0.717) is 19.0 Å². The molecule has 21 heavy (non-hydrogen) atoms. The van der Waals surface area contributed by atoms with Gasteiger partial charge >= 0.3 is 6.18 Å². The van der Waals surface area contributed by atoms with Crippen LogP contribution in [-0.2, 0) is 13.5 Å². The molecule has 0 unspecified atom stereocenters. The highest BCUT2D eigenvalue weighted by Gasteiger charge is 2.26. The Balaban J connectivity index is 0.00000400. The molecule has 1 aromatic rings. The van der Waals surface area contributed by atoms with Crippen LogP contribution in [0.15, 0.2) is 17.4 Å². The quantitative estimate of drug-likeness (QED) is 0.422. The maximum atomic E-state index is 12.0. The standard InChI is InChI=1S/C12H20F3N5.HI/c1-3-16-11(18-7-5-12(13,14)15)17-6-4-10-8-19-20(2)9-10;/h8-9H,3-7H2,1-2H3,(H2,16,17,18);1H. The van der Waals surface area contributed by atoms with E-state index in [9.17, 15) is 13.2 Å². The molecule has 0 aromatic carbocycles. The molecule has 1 aromatic heterocycles. The third kappa shape index (κ3) is 9.53. The molecule has 0 saturated heterocycles. The van der Waals surface area contributed by atoms with E-state index in [0.717, 1.165) is 12.0 Å². The van der Waals surface area contributed by atoms with Crippen LogP contribution in [-0.4, -0.2) is 41.6 Å². The van der Waals surface area contributed by atoms with Crippen LogP contribution in [0.1, 0.15) is 18.9 Å². The van der Waals surface area contributed by atoms with Crippen LogP contribution >= 0.6 is 24.0 Å². The summed E-state index contributed by atoms with van der Waals surface area (Å²) in [5.41, 5.74) is 1.06. The van der Waals surface area contributed by atoms with Gasteiger partial charge in [0.15, 0.2) is 5.96 Å². The van der Waals surface area contributed by atoms with E-state index in [1.807, 2.05) is 20.2 Å². The number of halogens is 4. The van der Waals surface area contributed by atoms with Crippen LogP contribution in [0, 0.1) is 0 Å². The van der Waals surface area contributed by atoms with Crippen molar-refractivity contribution in [3.8, 4) is 0 Å². The fourth-order valence-electron chi connectivity index (χ4n) is 1.56. The first kappa shape index (κ1) is 20.0. The summed E-state index contributed by atoms with van der Waals surface area (Å²) >= 11 is 0. The zero-order chi connectivity index (χ0) is 15.0. The molecular weight excluding hydrogens is 398 g/mol. The van der Waals surface area contributed by atoms with Gasteiger partial charge in [0.25, 0.3) is 0 Å². The lowest BCUT2D eigenvalue weighted by Crippen LogP contribution is -2.38. The van der Waals surface area contributed by atoms with Crippen LogP contribution in [0.2, 0.25) is 0 Å². The van der Waals surface area contributed by atoms with Gasteiger partial charge in [-0.05, 0) is 18.9 Å². The third-order valence-electron chi connectivity index (χ3n) is 2.47. The molecule has 0 bridgehead atoms. The first-order valence-corrected chi connectivity index (χ1v) is 6.47. The number of nitrogens with zero attached hydrogens (tertiary/aromatic N) is 3. The van der Waals surface area contributed by atoms with E-state index in [-0.39, 0.29) is 30.5 Å². The summed E-state index contributed by atoms with van der Waals surface area (Å²) in [6.45, 7) is 2.78. The van der Waals surface area contributed by atoms with Gasteiger partial charge < -0.3 is 10.6 Å². The number of rotatable bonds is 6. The van der Waals surface area contributed by atoms with Crippen LogP contribution in [0.5, 0.6) is 0 Å². The largest absolute Gasteiger partial charge is 0.390 e. The minimum atomic E-state index is -4.17. The van der Waals surface area contributed by atoms with Crippen LogP contribution in [0.25, 0.3) is 0 Å². The van der Waals surface area contributed by atoms with E-state index in [2.05, 4.69) is 20.7 Å². The van der Waals surface area contributed by atoms with Gasteiger partial charge in [0, 0.05) is 26.3 Å². The number of guanidine groups is 1. The predicted octanol–water partition coefficient (Wildman–Crippen LogP) is 2.09. The minimum Gasteiger partial charge on any atom is -0.357 e. The van der Waals surface area contributed by atoms with Crippen molar-refractivity contribution < 1.29 is 13.2 Å². The van der Waals surface area contributed by atoms with Gasteiger partial charge in [0.1, 0.15) is 0 Å². The Hall–Kier alpha value is -1.00. The average Bonchev–Trinajstić information content (AvgIpc) is 2.73. The molecule has 0 radical (unpaired) electrons.